The van der Waals surface area contributed by atoms with E-state index in [4.69, 9.17) is 16.3 Å². The number of likely N-dealkylation sites (N-methyl/N-ethyl adjacent to an activating group) is 1. The summed E-state index contributed by atoms with van der Waals surface area (Å²) in [5.41, 5.74) is -0.188. The van der Waals surface area contributed by atoms with Crippen LogP contribution in [0.4, 0.5) is 0 Å². The predicted molar refractivity (Wildman–Crippen MR) is 87.3 cm³/mol. The normalized spacial score (nSPS) is 10.8. The molecule has 1 aromatic rings. The summed E-state index contributed by atoms with van der Waals surface area (Å²) in [7, 11) is 1.47. The minimum Gasteiger partial charge on any atom is -0.452 e. The van der Waals surface area contributed by atoms with Crippen LogP contribution in [0.1, 0.15) is 31.1 Å². The molecule has 0 aliphatic heterocycles. The van der Waals surface area contributed by atoms with Gasteiger partial charge in [-0.2, -0.15) is 0 Å². The standard InChI is InChI=1S/C16H21ClN2O4/c1-16(2,3)18-13(20)9-19(4)14(21)10-23-15(22)11-7-5-6-8-12(11)17/h5-8H,9-10H2,1-4H3,(H,18,20). The molecule has 23 heavy (non-hydrogen) atoms. The molecule has 0 aliphatic carbocycles. The average Bonchev–Trinajstić information content (AvgIpc) is 2.42. The van der Waals surface area contributed by atoms with E-state index < -0.39 is 18.5 Å². The van der Waals surface area contributed by atoms with E-state index in [2.05, 4.69) is 5.32 Å². The molecule has 0 saturated heterocycles. The Bertz CT molecular complexity index is 596. The van der Waals surface area contributed by atoms with Crippen molar-refractivity contribution in [3.8, 4) is 0 Å². The first-order chi connectivity index (χ1) is 10.6. The Morgan fingerprint density at radius 1 is 1.22 bits per heavy atom. The first-order valence-corrected chi connectivity index (χ1v) is 7.44. The van der Waals surface area contributed by atoms with Gasteiger partial charge in [-0.3, -0.25) is 9.59 Å². The number of carbonyl (C=O) groups is 3. The molecule has 2 amide bonds. The van der Waals surface area contributed by atoms with Crippen molar-refractivity contribution < 1.29 is 19.1 Å². The highest BCUT2D eigenvalue weighted by molar-refractivity contribution is 6.33. The van der Waals surface area contributed by atoms with Crippen LogP contribution in [0.25, 0.3) is 0 Å². The lowest BCUT2D eigenvalue weighted by molar-refractivity contribution is -0.137. The van der Waals surface area contributed by atoms with Crippen LogP contribution in [0, 0.1) is 0 Å². The highest BCUT2D eigenvalue weighted by Gasteiger charge is 2.19. The Hall–Kier alpha value is -2.08. The molecule has 1 N–H and O–H groups in total. The average molecular weight is 341 g/mol. The Morgan fingerprint density at radius 2 is 1.83 bits per heavy atom. The minimum atomic E-state index is -0.684. The van der Waals surface area contributed by atoms with E-state index in [-0.39, 0.29) is 28.6 Å². The van der Waals surface area contributed by atoms with Crippen LogP contribution in [0.2, 0.25) is 5.02 Å². The van der Waals surface area contributed by atoms with Crippen LogP contribution in [0.5, 0.6) is 0 Å². The van der Waals surface area contributed by atoms with Crippen LogP contribution in [-0.2, 0) is 14.3 Å². The summed E-state index contributed by atoms with van der Waals surface area (Å²) >= 11 is 5.88. The lowest BCUT2D eigenvalue weighted by Gasteiger charge is -2.23. The molecule has 0 spiro atoms. The first-order valence-electron chi connectivity index (χ1n) is 7.07. The number of nitrogens with zero attached hydrogens (tertiary/aromatic N) is 1. The van der Waals surface area contributed by atoms with Crippen molar-refractivity contribution in [1.82, 2.24) is 10.2 Å². The number of carbonyl (C=O) groups excluding carboxylic acids is 3. The number of halogens is 1. The highest BCUT2D eigenvalue weighted by Crippen LogP contribution is 2.15. The number of benzene rings is 1. The van der Waals surface area contributed by atoms with Gasteiger partial charge in [-0.15, -0.1) is 0 Å². The monoisotopic (exact) mass is 340 g/mol. The Kier molecular flexibility index (Phi) is 6.57. The smallest absolute Gasteiger partial charge is 0.340 e. The van der Waals surface area contributed by atoms with Gasteiger partial charge >= 0.3 is 5.97 Å². The summed E-state index contributed by atoms with van der Waals surface area (Å²) in [6, 6.07) is 6.40. The molecule has 0 heterocycles. The van der Waals surface area contributed by atoms with E-state index in [1.165, 1.54) is 18.0 Å². The molecule has 0 unspecified atom stereocenters. The lowest BCUT2D eigenvalue weighted by Crippen LogP contribution is -2.46. The van der Waals surface area contributed by atoms with Gasteiger partial charge in [0.05, 0.1) is 17.1 Å². The van der Waals surface area contributed by atoms with Gasteiger partial charge < -0.3 is 15.0 Å². The molecule has 0 bridgehead atoms. The number of nitrogens with one attached hydrogen (secondary N) is 1. The molecule has 0 fully saturated rings. The van der Waals surface area contributed by atoms with Crippen molar-refractivity contribution in [2.45, 2.75) is 26.3 Å². The molecule has 126 valence electrons. The largest absolute Gasteiger partial charge is 0.452 e. The molecular formula is C16H21ClN2O4. The third-order valence-corrected chi connectivity index (χ3v) is 3.07. The number of amides is 2. The van der Waals surface area contributed by atoms with Crippen LogP contribution < -0.4 is 5.32 Å². The zero-order chi connectivity index (χ0) is 17.6. The topological polar surface area (TPSA) is 75.7 Å². The van der Waals surface area contributed by atoms with Gasteiger partial charge in [0.1, 0.15) is 0 Å². The molecule has 1 rings (SSSR count). The van der Waals surface area contributed by atoms with Crippen molar-refractivity contribution in [3.05, 3.63) is 34.9 Å². The SMILES string of the molecule is CN(CC(=O)NC(C)(C)C)C(=O)COC(=O)c1ccccc1Cl. The van der Waals surface area contributed by atoms with E-state index in [9.17, 15) is 14.4 Å². The van der Waals surface area contributed by atoms with Gasteiger partial charge in [-0.05, 0) is 32.9 Å². The fourth-order valence-corrected chi connectivity index (χ4v) is 1.92. The van der Waals surface area contributed by atoms with Gasteiger partial charge in [0, 0.05) is 12.6 Å². The molecule has 0 aliphatic rings. The van der Waals surface area contributed by atoms with Crippen molar-refractivity contribution in [2.75, 3.05) is 20.2 Å². The van der Waals surface area contributed by atoms with Gasteiger partial charge in [-0.25, -0.2) is 4.79 Å². The van der Waals surface area contributed by atoms with Gasteiger partial charge in [0.15, 0.2) is 6.61 Å². The predicted octanol–water partition coefficient (Wildman–Crippen LogP) is 1.87. The summed E-state index contributed by atoms with van der Waals surface area (Å²) in [4.78, 5) is 36.7. The minimum absolute atomic E-state index is 0.111. The van der Waals surface area contributed by atoms with Crippen LogP contribution in [0.3, 0.4) is 0 Å². The second-order valence-electron chi connectivity index (χ2n) is 6.10. The second-order valence-corrected chi connectivity index (χ2v) is 6.51. The van der Waals surface area contributed by atoms with Gasteiger partial charge in [-0.1, -0.05) is 23.7 Å². The van der Waals surface area contributed by atoms with Crippen molar-refractivity contribution in [1.29, 1.82) is 0 Å². The molecular weight excluding hydrogens is 320 g/mol. The third-order valence-electron chi connectivity index (χ3n) is 2.74. The maximum Gasteiger partial charge on any atom is 0.340 e. The van der Waals surface area contributed by atoms with Gasteiger partial charge in [0.25, 0.3) is 5.91 Å². The van der Waals surface area contributed by atoms with Crippen molar-refractivity contribution in [3.63, 3.8) is 0 Å². The lowest BCUT2D eigenvalue weighted by atomic mass is 10.1. The zero-order valence-corrected chi connectivity index (χ0v) is 14.4. The Morgan fingerprint density at radius 3 is 2.39 bits per heavy atom. The Balaban J connectivity index is 2.48. The molecule has 0 atom stereocenters. The maximum atomic E-state index is 11.9. The number of rotatable bonds is 5. The summed E-state index contributed by atoms with van der Waals surface area (Å²) in [6.45, 7) is 4.97. The van der Waals surface area contributed by atoms with Crippen LogP contribution >= 0.6 is 11.6 Å². The molecule has 7 heteroatoms. The zero-order valence-electron chi connectivity index (χ0n) is 13.7. The molecule has 0 aromatic heterocycles. The Labute approximate surface area is 140 Å². The summed E-state index contributed by atoms with van der Waals surface area (Å²) < 4.78 is 4.93. The van der Waals surface area contributed by atoms with E-state index in [0.717, 1.165) is 0 Å². The highest BCUT2D eigenvalue weighted by atomic mass is 35.5. The summed E-state index contributed by atoms with van der Waals surface area (Å²) in [6.07, 6.45) is 0. The summed E-state index contributed by atoms with van der Waals surface area (Å²) in [5.74, 6) is -1.45. The number of hydrogen-bond acceptors (Lipinski definition) is 4. The fourth-order valence-electron chi connectivity index (χ4n) is 1.70. The second kappa shape index (κ2) is 7.97. The van der Waals surface area contributed by atoms with E-state index >= 15 is 0 Å². The molecule has 6 nitrogen and oxygen atoms in total. The molecule has 0 saturated carbocycles. The van der Waals surface area contributed by atoms with Crippen LogP contribution in [-0.4, -0.2) is 48.4 Å². The van der Waals surface area contributed by atoms with E-state index in [1.807, 2.05) is 20.8 Å². The van der Waals surface area contributed by atoms with E-state index in [1.54, 1.807) is 18.2 Å². The summed E-state index contributed by atoms with van der Waals surface area (Å²) in [5, 5.41) is 3.00. The van der Waals surface area contributed by atoms with Crippen molar-refractivity contribution >= 4 is 29.4 Å². The molecule has 1 aromatic carbocycles. The maximum absolute atomic E-state index is 11.9. The van der Waals surface area contributed by atoms with Crippen molar-refractivity contribution in [2.24, 2.45) is 0 Å². The third kappa shape index (κ3) is 6.69. The number of esters is 1. The van der Waals surface area contributed by atoms with E-state index in [0.29, 0.717) is 0 Å². The number of ether oxygens (including phenoxy) is 1. The van der Waals surface area contributed by atoms with Gasteiger partial charge in [0.2, 0.25) is 5.91 Å². The quantitative estimate of drug-likeness (QED) is 0.830. The first kappa shape index (κ1) is 19.0. The number of hydrogen-bond donors (Lipinski definition) is 1. The molecule has 0 radical (unpaired) electrons. The van der Waals surface area contributed by atoms with Crippen LogP contribution in [0.15, 0.2) is 24.3 Å². The fraction of sp³-hybridized carbons (Fsp3) is 0.438.